The van der Waals surface area contributed by atoms with Gasteiger partial charge >= 0.3 is 0 Å². The van der Waals surface area contributed by atoms with Gasteiger partial charge in [0.05, 0.1) is 5.56 Å². The molecule has 2 aromatic carbocycles. The molecule has 0 radical (unpaired) electrons. The summed E-state index contributed by atoms with van der Waals surface area (Å²) in [6.07, 6.45) is 0. The summed E-state index contributed by atoms with van der Waals surface area (Å²) < 4.78 is 6.02. The molecule has 0 aromatic heterocycles. The van der Waals surface area contributed by atoms with Crippen LogP contribution in [0, 0.1) is 0 Å². The molecule has 110 valence electrons. The highest BCUT2D eigenvalue weighted by Gasteiger charge is 2.10. The fourth-order valence-electron chi connectivity index (χ4n) is 1.68. The highest BCUT2D eigenvalue weighted by molar-refractivity contribution is 9.10. The first-order valence-electron chi connectivity index (χ1n) is 6.29. The number of anilines is 1. The number of nitrogens with two attached hydrogens (primary N) is 1. The number of carbonyl (C=O) groups excluding carboxylic acids is 1. The van der Waals surface area contributed by atoms with Gasteiger partial charge in [0, 0.05) is 21.7 Å². The molecule has 0 bridgehead atoms. The van der Waals surface area contributed by atoms with E-state index < -0.39 is 0 Å². The predicted molar refractivity (Wildman–Crippen MR) is 88.1 cm³/mol. The van der Waals surface area contributed by atoms with Gasteiger partial charge in [0.2, 0.25) is 0 Å². The number of carbonyl (C=O) groups is 1. The number of halogens is 2. The first kappa shape index (κ1) is 15.8. The number of amides is 1. The molecule has 6 heteroatoms. The molecule has 4 nitrogen and oxygen atoms in total. The van der Waals surface area contributed by atoms with Crippen molar-refractivity contribution in [3.05, 3.63) is 57.5 Å². The Labute approximate surface area is 136 Å². The normalized spacial score (nSPS) is 10.2. The molecule has 1 amide bonds. The van der Waals surface area contributed by atoms with Crippen molar-refractivity contribution in [2.24, 2.45) is 5.73 Å². The van der Waals surface area contributed by atoms with Crippen molar-refractivity contribution in [2.45, 2.75) is 0 Å². The molecule has 0 unspecified atom stereocenters. The van der Waals surface area contributed by atoms with E-state index in [9.17, 15) is 4.79 Å². The van der Waals surface area contributed by atoms with E-state index in [1.165, 1.54) is 0 Å². The van der Waals surface area contributed by atoms with Crippen LogP contribution >= 0.6 is 27.5 Å². The van der Waals surface area contributed by atoms with Crippen LogP contribution in [-0.4, -0.2) is 19.1 Å². The van der Waals surface area contributed by atoms with Crippen LogP contribution in [0.2, 0.25) is 5.02 Å². The van der Waals surface area contributed by atoms with Gasteiger partial charge in [0.15, 0.2) is 0 Å². The maximum atomic E-state index is 12.2. The van der Waals surface area contributed by atoms with Crippen LogP contribution in [0.25, 0.3) is 0 Å². The average Bonchev–Trinajstić information content (AvgIpc) is 2.46. The predicted octanol–water partition coefficient (Wildman–Crippen LogP) is 3.69. The lowest BCUT2D eigenvalue weighted by Gasteiger charge is -2.09. The molecule has 0 fully saturated rings. The number of ether oxygens (including phenoxy) is 1. The van der Waals surface area contributed by atoms with Crippen molar-refractivity contribution in [3.8, 4) is 5.75 Å². The minimum absolute atomic E-state index is 0.214. The molecule has 0 aliphatic rings. The fraction of sp³-hybridized carbons (Fsp3) is 0.133. The lowest BCUT2D eigenvalue weighted by molar-refractivity contribution is 0.102. The molecule has 0 aliphatic carbocycles. The van der Waals surface area contributed by atoms with Crippen LogP contribution in [0.15, 0.2) is 46.9 Å². The summed E-state index contributed by atoms with van der Waals surface area (Å²) in [4.78, 5) is 12.2. The SMILES string of the molecule is NCCOc1ccc(NC(=O)c2ccc(Cl)cc2Br)cc1. The summed E-state index contributed by atoms with van der Waals surface area (Å²) in [5.41, 5.74) is 6.56. The summed E-state index contributed by atoms with van der Waals surface area (Å²) in [6, 6.07) is 12.1. The van der Waals surface area contributed by atoms with Crippen molar-refractivity contribution in [1.29, 1.82) is 0 Å². The van der Waals surface area contributed by atoms with Crippen molar-refractivity contribution in [2.75, 3.05) is 18.5 Å². The third-order valence-corrected chi connectivity index (χ3v) is 3.57. The summed E-state index contributed by atoms with van der Waals surface area (Å²) in [6.45, 7) is 0.923. The Morgan fingerprint density at radius 1 is 1.24 bits per heavy atom. The lowest BCUT2D eigenvalue weighted by Crippen LogP contribution is -2.13. The second-order valence-corrected chi connectivity index (χ2v) is 5.53. The van der Waals surface area contributed by atoms with Crippen molar-refractivity contribution >= 4 is 39.1 Å². The molecule has 2 aromatic rings. The smallest absolute Gasteiger partial charge is 0.256 e. The van der Waals surface area contributed by atoms with Crippen molar-refractivity contribution < 1.29 is 9.53 Å². The quantitative estimate of drug-likeness (QED) is 0.845. The van der Waals surface area contributed by atoms with Crippen LogP contribution in [0.5, 0.6) is 5.75 Å². The topological polar surface area (TPSA) is 64.3 Å². The minimum Gasteiger partial charge on any atom is -0.492 e. The summed E-state index contributed by atoms with van der Waals surface area (Å²) in [5, 5.41) is 3.38. The van der Waals surface area contributed by atoms with E-state index in [-0.39, 0.29) is 5.91 Å². The molecule has 0 saturated carbocycles. The zero-order chi connectivity index (χ0) is 15.2. The minimum atomic E-state index is -0.214. The van der Waals surface area contributed by atoms with Crippen LogP contribution in [0.4, 0.5) is 5.69 Å². The third-order valence-electron chi connectivity index (χ3n) is 2.67. The fourth-order valence-corrected chi connectivity index (χ4v) is 2.55. The molecule has 2 rings (SSSR count). The first-order valence-corrected chi connectivity index (χ1v) is 7.46. The number of rotatable bonds is 5. The number of nitrogens with one attached hydrogen (secondary N) is 1. The van der Waals surface area contributed by atoms with Crippen LogP contribution in [0.3, 0.4) is 0 Å². The number of benzene rings is 2. The standard InChI is InChI=1S/C15H14BrClN2O2/c16-14-9-10(17)1-6-13(14)15(20)19-11-2-4-12(5-3-11)21-8-7-18/h1-6,9H,7-8,18H2,(H,19,20). The number of hydrogen-bond donors (Lipinski definition) is 2. The van der Waals surface area contributed by atoms with Crippen molar-refractivity contribution in [1.82, 2.24) is 0 Å². The largest absolute Gasteiger partial charge is 0.492 e. The van der Waals surface area contributed by atoms with Crippen LogP contribution in [-0.2, 0) is 0 Å². The van der Waals surface area contributed by atoms with E-state index in [2.05, 4.69) is 21.2 Å². The zero-order valence-corrected chi connectivity index (χ0v) is 13.4. The Hall–Kier alpha value is -1.56. The molecule has 0 saturated heterocycles. The van der Waals surface area contributed by atoms with Gasteiger partial charge in [-0.1, -0.05) is 11.6 Å². The van der Waals surface area contributed by atoms with E-state index in [0.29, 0.717) is 39.6 Å². The first-order chi connectivity index (χ1) is 10.1. The molecule has 0 spiro atoms. The molecule has 21 heavy (non-hydrogen) atoms. The van der Waals surface area contributed by atoms with E-state index in [1.807, 2.05) is 0 Å². The summed E-state index contributed by atoms with van der Waals surface area (Å²) >= 11 is 9.18. The van der Waals surface area contributed by atoms with Gasteiger partial charge in [-0.05, 0) is 58.4 Å². The van der Waals surface area contributed by atoms with E-state index in [4.69, 9.17) is 22.1 Å². The van der Waals surface area contributed by atoms with E-state index in [1.54, 1.807) is 42.5 Å². The second-order valence-electron chi connectivity index (χ2n) is 4.24. The zero-order valence-electron chi connectivity index (χ0n) is 11.1. The van der Waals surface area contributed by atoms with Gasteiger partial charge in [-0.15, -0.1) is 0 Å². The molecule has 0 heterocycles. The van der Waals surface area contributed by atoms with Gasteiger partial charge in [-0.2, -0.15) is 0 Å². The van der Waals surface area contributed by atoms with Crippen LogP contribution < -0.4 is 15.8 Å². The van der Waals surface area contributed by atoms with Gasteiger partial charge in [-0.25, -0.2) is 0 Å². The van der Waals surface area contributed by atoms with Gasteiger partial charge < -0.3 is 15.8 Å². The molecular weight excluding hydrogens is 356 g/mol. The van der Waals surface area contributed by atoms with Crippen molar-refractivity contribution in [3.63, 3.8) is 0 Å². The highest BCUT2D eigenvalue weighted by Crippen LogP contribution is 2.23. The van der Waals surface area contributed by atoms with Gasteiger partial charge in [-0.3, -0.25) is 4.79 Å². The Balaban J connectivity index is 2.05. The Kier molecular flexibility index (Phi) is 5.61. The van der Waals surface area contributed by atoms with E-state index in [0.717, 1.165) is 0 Å². The molecule has 0 aliphatic heterocycles. The maximum Gasteiger partial charge on any atom is 0.256 e. The van der Waals surface area contributed by atoms with E-state index >= 15 is 0 Å². The molecular formula is C15H14BrClN2O2. The average molecular weight is 370 g/mol. The summed E-state index contributed by atoms with van der Waals surface area (Å²) in [7, 11) is 0. The lowest BCUT2D eigenvalue weighted by atomic mass is 10.2. The second kappa shape index (κ2) is 7.45. The molecule has 0 atom stereocenters. The summed E-state index contributed by atoms with van der Waals surface area (Å²) in [5.74, 6) is 0.500. The van der Waals surface area contributed by atoms with Gasteiger partial charge in [0.25, 0.3) is 5.91 Å². The number of hydrogen-bond acceptors (Lipinski definition) is 3. The highest BCUT2D eigenvalue weighted by atomic mass is 79.9. The maximum absolute atomic E-state index is 12.2. The Morgan fingerprint density at radius 2 is 1.95 bits per heavy atom. The third kappa shape index (κ3) is 4.46. The Bertz CT molecular complexity index is 632. The van der Waals surface area contributed by atoms with Crippen LogP contribution in [0.1, 0.15) is 10.4 Å². The monoisotopic (exact) mass is 368 g/mol. The molecule has 3 N–H and O–H groups in total. The van der Waals surface area contributed by atoms with Gasteiger partial charge in [0.1, 0.15) is 12.4 Å². The Morgan fingerprint density at radius 3 is 2.57 bits per heavy atom.